The van der Waals surface area contributed by atoms with Crippen LogP contribution in [0.1, 0.15) is 31.4 Å². The maximum Gasteiger partial charge on any atom is 0.221 e. The SMILES string of the molecule is CC(C)COc1ccc(CNCCC(=O)NCc2cccnc2)cc1. The number of pyridine rings is 1. The molecule has 5 heteroatoms. The number of carbonyl (C=O) groups excluding carboxylic acids is 1. The number of nitrogens with one attached hydrogen (secondary N) is 2. The van der Waals surface area contributed by atoms with E-state index in [-0.39, 0.29) is 5.91 Å². The van der Waals surface area contributed by atoms with Crippen molar-refractivity contribution in [2.75, 3.05) is 13.2 Å². The maximum atomic E-state index is 11.8. The first-order valence-corrected chi connectivity index (χ1v) is 8.71. The fraction of sp³-hybridized carbons (Fsp3) is 0.400. The summed E-state index contributed by atoms with van der Waals surface area (Å²) in [5.41, 5.74) is 2.18. The number of hydrogen-bond acceptors (Lipinski definition) is 4. The molecule has 0 aliphatic carbocycles. The molecule has 0 fully saturated rings. The Bertz CT molecular complexity index is 627. The highest BCUT2D eigenvalue weighted by Crippen LogP contribution is 2.13. The maximum absolute atomic E-state index is 11.8. The minimum atomic E-state index is 0.0359. The molecule has 2 N–H and O–H groups in total. The third-order valence-corrected chi connectivity index (χ3v) is 3.58. The fourth-order valence-corrected chi connectivity index (χ4v) is 2.19. The van der Waals surface area contributed by atoms with Crippen LogP contribution in [0.4, 0.5) is 0 Å². The van der Waals surface area contributed by atoms with Gasteiger partial charge < -0.3 is 15.4 Å². The smallest absolute Gasteiger partial charge is 0.221 e. The highest BCUT2D eigenvalue weighted by atomic mass is 16.5. The number of benzene rings is 1. The predicted molar refractivity (Wildman–Crippen MR) is 99.2 cm³/mol. The lowest BCUT2D eigenvalue weighted by Crippen LogP contribution is -2.27. The molecule has 5 nitrogen and oxygen atoms in total. The van der Waals surface area contributed by atoms with Crippen molar-refractivity contribution in [3.05, 3.63) is 59.9 Å². The van der Waals surface area contributed by atoms with E-state index < -0.39 is 0 Å². The van der Waals surface area contributed by atoms with Gasteiger partial charge in [-0.1, -0.05) is 32.0 Å². The molecular weight excluding hydrogens is 314 g/mol. The Balaban J connectivity index is 1.59. The molecule has 2 aromatic rings. The van der Waals surface area contributed by atoms with E-state index in [4.69, 9.17) is 4.74 Å². The lowest BCUT2D eigenvalue weighted by molar-refractivity contribution is -0.121. The zero-order valence-electron chi connectivity index (χ0n) is 15.0. The highest BCUT2D eigenvalue weighted by Gasteiger charge is 2.02. The van der Waals surface area contributed by atoms with Crippen molar-refractivity contribution in [3.8, 4) is 5.75 Å². The first-order valence-electron chi connectivity index (χ1n) is 8.71. The second-order valence-corrected chi connectivity index (χ2v) is 6.41. The first-order chi connectivity index (χ1) is 12.1. The summed E-state index contributed by atoms with van der Waals surface area (Å²) in [6.45, 7) is 6.89. The number of rotatable bonds is 10. The summed E-state index contributed by atoms with van der Waals surface area (Å²) in [4.78, 5) is 15.8. The van der Waals surface area contributed by atoms with Gasteiger partial charge >= 0.3 is 0 Å². The van der Waals surface area contributed by atoms with Gasteiger partial charge in [0.1, 0.15) is 5.75 Å². The minimum absolute atomic E-state index is 0.0359. The van der Waals surface area contributed by atoms with Gasteiger partial charge in [0.15, 0.2) is 0 Å². The number of ether oxygens (including phenoxy) is 1. The van der Waals surface area contributed by atoms with E-state index in [1.165, 1.54) is 5.56 Å². The molecule has 1 aromatic heterocycles. The van der Waals surface area contributed by atoms with Crippen LogP contribution in [0.15, 0.2) is 48.8 Å². The molecule has 0 aliphatic rings. The van der Waals surface area contributed by atoms with E-state index in [0.717, 1.165) is 24.5 Å². The Labute approximate surface area is 149 Å². The predicted octanol–water partition coefficient (Wildman–Crippen LogP) is 2.91. The van der Waals surface area contributed by atoms with Crippen LogP contribution in [-0.2, 0) is 17.9 Å². The van der Waals surface area contributed by atoms with Gasteiger partial charge in [0.2, 0.25) is 5.91 Å². The summed E-state index contributed by atoms with van der Waals surface area (Å²) < 4.78 is 5.67. The third-order valence-electron chi connectivity index (χ3n) is 3.58. The van der Waals surface area contributed by atoms with Gasteiger partial charge in [-0.2, -0.15) is 0 Å². The van der Waals surface area contributed by atoms with Crippen molar-refractivity contribution in [2.24, 2.45) is 5.92 Å². The average Bonchev–Trinajstić information content (AvgIpc) is 2.63. The Morgan fingerprint density at radius 1 is 1.12 bits per heavy atom. The number of nitrogens with zero attached hydrogens (tertiary/aromatic N) is 1. The van der Waals surface area contributed by atoms with Crippen molar-refractivity contribution in [1.82, 2.24) is 15.6 Å². The number of amides is 1. The summed E-state index contributed by atoms with van der Waals surface area (Å²) in [5.74, 6) is 1.45. The fourth-order valence-electron chi connectivity index (χ4n) is 2.19. The lowest BCUT2D eigenvalue weighted by atomic mass is 10.2. The molecule has 0 saturated heterocycles. The quantitative estimate of drug-likeness (QED) is 0.652. The van der Waals surface area contributed by atoms with Gasteiger partial charge in [0, 0.05) is 38.4 Å². The molecular formula is C20H27N3O2. The number of aromatic nitrogens is 1. The van der Waals surface area contributed by atoms with E-state index in [2.05, 4.69) is 29.5 Å². The van der Waals surface area contributed by atoms with E-state index in [9.17, 15) is 4.79 Å². The second kappa shape index (κ2) is 10.5. The molecule has 1 amide bonds. The van der Waals surface area contributed by atoms with Crippen LogP contribution in [0.3, 0.4) is 0 Å². The van der Waals surface area contributed by atoms with Crippen LogP contribution >= 0.6 is 0 Å². The van der Waals surface area contributed by atoms with Gasteiger partial charge in [0.05, 0.1) is 6.61 Å². The normalized spacial score (nSPS) is 10.7. The van der Waals surface area contributed by atoms with Crippen molar-refractivity contribution >= 4 is 5.91 Å². The van der Waals surface area contributed by atoms with Gasteiger partial charge in [-0.3, -0.25) is 9.78 Å². The third kappa shape index (κ3) is 7.81. The van der Waals surface area contributed by atoms with Gasteiger partial charge in [-0.25, -0.2) is 0 Å². The molecule has 0 saturated carbocycles. The van der Waals surface area contributed by atoms with E-state index in [0.29, 0.717) is 25.4 Å². The van der Waals surface area contributed by atoms with Crippen molar-refractivity contribution in [1.29, 1.82) is 0 Å². The monoisotopic (exact) mass is 341 g/mol. The van der Waals surface area contributed by atoms with Gasteiger partial charge in [-0.05, 0) is 35.2 Å². The minimum Gasteiger partial charge on any atom is -0.493 e. The first kappa shape index (κ1) is 18.9. The second-order valence-electron chi connectivity index (χ2n) is 6.41. The summed E-state index contributed by atoms with van der Waals surface area (Å²) in [6.07, 6.45) is 3.93. The van der Waals surface area contributed by atoms with Crippen molar-refractivity contribution in [3.63, 3.8) is 0 Å². The van der Waals surface area contributed by atoms with Gasteiger partial charge in [0.25, 0.3) is 0 Å². The van der Waals surface area contributed by atoms with Crippen molar-refractivity contribution in [2.45, 2.75) is 33.4 Å². The summed E-state index contributed by atoms with van der Waals surface area (Å²) in [6, 6.07) is 11.9. The zero-order chi connectivity index (χ0) is 17.9. The van der Waals surface area contributed by atoms with Crippen LogP contribution in [0.5, 0.6) is 5.75 Å². The standard InChI is InChI=1S/C20H27N3O2/c1-16(2)15-25-19-7-5-17(6-8-19)12-22-11-9-20(24)23-14-18-4-3-10-21-13-18/h3-8,10,13,16,22H,9,11-12,14-15H2,1-2H3,(H,23,24). The Morgan fingerprint density at radius 2 is 1.92 bits per heavy atom. The van der Waals surface area contributed by atoms with Crippen molar-refractivity contribution < 1.29 is 9.53 Å². The molecule has 0 unspecified atom stereocenters. The summed E-state index contributed by atoms with van der Waals surface area (Å²) in [7, 11) is 0. The van der Waals surface area contributed by atoms with Crippen LogP contribution in [0.25, 0.3) is 0 Å². The summed E-state index contributed by atoms with van der Waals surface area (Å²) >= 11 is 0. The van der Waals surface area contributed by atoms with Crippen LogP contribution in [0.2, 0.25) is 0 Å². The highest BCUT2D eigenvalue weighted by molar-refractivity contribution is 5.76. The summed E-state index contributed by atoms with van der Waals surface area (Å²) in [5, 5.41) is 6.18. The molecule has 0 radical (unpaired) electrons. The largest absolute Gasteiger partial charge is 0.493 e. The van der Waals surface area contributed by atoms with E-state index in [1.54, 1.807) is 12.4 Å². The molecule has 0 aliphatic heterocycles. The van der Waals surface area contributed by atoms with E-state index >= 15 is 0 Å². The number of hydrogen-bond donors (Lipinski definition) is 2. The lowest BCUT2D eigenvalue weighted by Gasteiger charge is -2.10. The zero-order valence-corrected chi connectivity index (χ0v) is 15.0. The molecule has 1 heterocycles. The Kier molecular flexibility index (Phi) is 7.92. The molecule has 2 rings (SSSR count). The average molecular weight is 341 g/mol. The molecule has 0 bridgehead atoms. The van der Waals surface area contributed by atoms with Crippen LogP contribution in [0, 0.1) is 5.92 Å². The van der Waals surface area contributed by atoms with Gasteiger partial charge in [-0.15, -0.1) is 0 Å². The molecule has 0 spiro atoms. The molecule has 1 aromatic carbocycles. The van der Waals surface area contributed by atoms with E-state index in [1.807, 2.05) is 36.4 Å². The van der Waals surface area contributed by atoms with Crippen LogP contribution in [-0.4, -0.2) is 24.0 Å². The molecule has 134 valence electrons. The molecule has 0 atom stereocenters. The topological polar surface area (TPSA) is 63.2 Å². The number of carbonyl (C=O) groups is 1. The Hall–Kier alpha value is -2.40. The Morgan fingerprint density at radius 3 is 2.60 bits per heavy atom. The van der Waals surface area contributed by atoms with Crippen LogP contribution < -0.4 is 15.4 Å². The molecule has 25 heavy (non-hydrogen) atoms.